The van der Waals surface area contributed by atoms with Crippen LogP contribution in [0.3, 0.4) is 0 Å². The largest absolute Gasteiger partial charge is 0.476 e. The fourth-order valence-corrected chi connectivity index (χ4v) is 2.31. The van der Waals surface area contributed by atoms with Crippen LogP contribution in [0.5, 0.6) is 0 Å². The maximum atomic E-state index is 10.6. The van der Waals surface area contributed by atoms with Crippen molar-refractivity contribution in [2.24, 2.45) is 0 Å². The van der Waals surface area contributed by atoms with E-state index in [2.05, 4.69) is 9.18 Å². The van der Waals surface area contributed by atoms with Crippen LogP contribution in [-0.4, -0.2) is 26.1 Å². The Morgan fingerprint density at radius 2 is 1.72 bits per heavy atom. The minimum Gasteiger partial charge on any atom is -0.371 e. The second-order valence-corrected chi connectivity index (χ2v) is 5.06. The molecular formula is C9H15N4O4S+. The fraction of sp³-hybridized carbons (Fsp3) is 0.444. The molecule has 0 amide bonds. The van der Waals surface area contributed by atoms with Crippen LogP contribution in [-0.2, 0) is 10.4 Å². The van der Waals surface area contributed by atoms with E-state index in [0.717, 1.165) is 31.6 Å². The Balaban J connectivity index is 2.34. The molecular weight excluding hydrogens is 260 g/mol. The molecule has 1 aromatic rings. The maximum absolute atomic E-state index is 10.6. The SMILES string of the molecule is Nc1cc(N2CCCC2)cc(N)[n+]1OS(=O)(=O)O. The number of pyridine rings is 1. The number of anilines is 3. The summed E-state index contributed by atoms with van der Waals surface area (Å²) >= 11 is 0. The summed E-state index contributed by atoms with van der Waals surface area (Å²) in [5.74, 6) is -0.0101. The summed E-state index contributed by atoms with van der Waals surface area (Å²) in [7, 11) is -4.66. The molecule has 9 heteroatoms. The van der Waals surface area contributed by atoms with E-state index in [1.54, 1.807) is 12.1 Å². The zero-order valence-electron chi connectivity index (χ0n) is 9.61. The predicted molar refractivity (Wildman–Crippen MR) is 65.0 cm³/mol. The molecule has 18 heavy (non-hydrogen) atoms. The van der Waals surface area contributed by atoms with Crippen molar-refractivity contribution in [3.63, 3.8) is 0 Å². The first-order valence-corrected chi connectivity index (χ1v) is 6.77. The summed E-state index contributed by atoms with van der Waals surface area (Å²) in [6, 6.07) is 3.10. The molecule has 0 aliphatic carbocycles. The highest BCUT2D eigenvalue weighted by Gasteiger charge is 2.21. The molecule has 1 aliphatic heterocycles. The average molecular weight is 275 g/mol. The number of rotatable bonds is 3. The summed E-state index contributed by atoms with van der Waals surface area (Å²) in [6.07, 6.45) is 2.19. The molecule has 0 spiro atoms. The van der Waals surface area contributed by atoms with Gasteiger partial charge in [-0.05, 0) is 17.6 Å². The quantitative estimate of drug-likeness (QED) is 0.476. The molecule has 1 fully saturated rings. The van der Waals surface area contributed by atoms with Gasteiger partial charge in [-0.15, -0.1) is 0 Å². The molecule has 1 saturated heterocycles. The minimum atomic E-state index is -4.66. The second-order valence-electron chi connectivity index (χ2n) is 4.05. The van der Waals surface area contributed by atoms with Gasteiger partial charge in [0.05, 0.1) is 5.69 Å². The van der Waals surface area contributed by atoms with E-state index in [1.165, 1.54) is 0 Å². The van der Waals surface area contributed by atoms with E-state index < -0.39 is 10.4 Å². The van der Waals surface area contributed by atoms with Crippen LogP contribution >= 0.6 is 0 Å². The molecule has 0 radical (unpaired) electrons. The molecule has 0 saturated carbocycles. The number of nitrogens with two attached hydrogens (primary N) is 2. The molecule has 0 unspecified atom stereocenters. The Morgan fingerprint density at radius 1 is 1.22 bits per heavy atom. The minimum absolute atomic E-state index is 0.00507. The standard InChI is InChI=1S/C9H14N4O4S/c10-8-5-7(12-3-1-2-4-12)6-9(11)13(8)17-18(14,15)16/h5-6H,1-4H2,(H4,10,11,14,15,16)/p+1. The van der Waals surface area contributed by atoms with Gasteiger partial charge in [-0.3, -0.25) is 4.55 Å². The molecule has 1 aromatic heterocycles. The Kier molecular flexibility index (Phi) is 3.18. The van der Waals surface area contributed by atoms with Crippen molar-refractivity contribution in [2.45, 2.75) is 12.8 Å². The zero-order valence-corrected chi connectivity index (χ0v) is 10.4. The number of hydrogen-bond donors (Lipinski definition) is 3. The van der Waals surface area contributed by atoms with Gasteiger partial charge in [0.2, 0.25) is 0 Å². The Labute approximate surface area is 105 Å². The Morgan fingerprint density at radius 3 is 2.17 bits per heavy atom. The van der Waals surface area contributed by atoms with Gasteiger partial charge in [-0.2, -0.15) is 8.42 Å². The van der Waals surface area contributed by atoms with Crippen LogP contribution in [0.15, 0.2) is 12.1 Å². The molecule has 2 heterocycles. The lowest BCUT2D eigenvalue weighted by atomic mass is 10.3. The molecule has 100 valence electrons. The van der Waals surface area contributed by atoms with Crippen molar-refractivity contribution in [1.29, 1.82) is 0 Å². The molecule has 0 bridgehead atoms. The smallest absolute Gasteiger partial charge is 0.371 e. The van der Waals surface area contributed by atoms with Crippen molar-refractivity contribution in [1.82, 2.24) is 0 Å². The van der Waals surface area contributed by atoms with Gasteiger partial charge in [-0.1, -0.05) is 0 Å². The van der Waals surface area contributed by atoms with Crippen molar-refractivity contribution >= 4 is 27.7 Å². The highest BCUT2D eigenvalue weighted by atomic mass is 32.3. The van der Waals surface area contributed by atoms with Crippen molar-refractivity contribution in [3.8, 4) is 0 Å². The second kappa shape index (κ2) is 4.50. The van der Waals surface area contributed by atoms with Gasteiger partial charge in [0, 0.05) is 25.2 Å². The third-order valence-corrected chi connectivity index (χ3v) is 3.04. The molecule has 8 nitrogen and oxygen atoms in total. The van der Waals surface area contributed by atoms with Gasteiger partial charge in [0.25, 0.3) is 11.6 Å². The van der Waals surface area contributed by atoms with Crippen LogP contribution in [0, 0.1) is 0 Å². The third-order valence-electron chi connectivity index (χ3n) is 2.70. The lowest BCUT2D eigenvalue weighted by molar-refractivity contribution is -0.833. The first kappa shape index (κ1) is 12.7. The first-order valence-electron chi connectivity index (χ1n) is 5.40. The van der Waals surface area contributed by atoms with E-state index in [-0.39, 0.29) is 11.6 Å². The van der Waals surface area contributed by atoms with Crippen LogP contribution in [0.2, 0.25) is 0 Å². The summed E-state index contributed by atoms with van der Waals surface area (Å²) in [6.45, 7) is 1.81. The van der Waals surface area contributed by atoms with Crippen LogP contribution < -0.4 is 25.4 Å². The van der Waals surface area contributed by atoms with Gasteiger partial charge in [0.15, 0.2) is 0 Å². The van der Waals surface area contributed by atoms with Crippen molar-refractivity contribution in [2.75, 3.05) is 29.5 Å². The summed E-state index contributed by atoms with van der Waals surface area (Å²) < 4.78 is 34.8. The molecule has 0 atom stereocenters. The normalized spacial score (nSPS) is 15.9. The van der Waals surface area contributed by atoms with E-state index >= 15 is 0 Å². The summed E-state index contributed by atoms with van der Waals surface area (Å²) in [5.41, 5.74) is 12.1. The predicted octanol–water partition coefficient (Wildman–Crippen LogP) is -1.03. The van der Waals surface area contributed by atoms with Crippen LogP contribution in [0.25, 0.3) is 0 Å². The number of hydrogen-bond acceptors (Lipinski definition) is 6. The van der Waals surface area contributed by atoms with E-state index in [9.17, 15) is 8.42 Å². The van der Waals surface area contributed by atoms with E-state index in [1.807, 2.05) is 0 Å². The van der Waals surface area contributed by atoms with E-state index in [0.29, 0.717) is 4.73 Å². The number of nitrogens with zero attached hydrogens (tertiary/aromatic N) is 2. The third kappa shape index (κ3) is 2.74. The molecule has 5 N–H and O–H groups in total. The summed E-state index contributed by atoms with van der Waals surface area (Å²) in [5, 5.41) is 0. The zero-order chi connectivity index (χ0) is 13.3. The first-order chi connectivity index (χ1) is 8.37. The lowest BCUT2D eigenvalue weighted by Crippen LogP contribution is -2.50. The number of aromatic nitrogens is 1. The fourth-order valence-electron chi connectivity index (χ4n) is 1.95. The molecule has 0 aromatic carbocycles. The lowest BCUT2D eigenvalue weighted by Gasteiger charge is -2.18. The van der Waals surface area contributed by atoms with Gasteiger partial charge >= 0.3 is 10.4 Å². The molecule has 2 rings (SSSR count). The van der Waals surface area contributed by atoms with Gasteiger partial charge < -0.3 is 16.4 Å². The Bertz CT molecular complexity index is 531. The van der Waals surface area contributed by atoms with Crippen LogP contribution in [0.1, 0.15) is 12.8 Å². The summed E-state index contributed by atoms with van der Waals surface area (Å²) in [4.78, 5) is 2.09. The van der Waals surface area contributed by atoms with Crippen molar-refractivity contribution < 1.29 is 22.0 Å². The maximum Gasteiger partial charge on any atom is 0.476 e. The number of nitrogen functional groups attached to an aromatic ring is 2. The highest BCUT2D eigenvalue weighted by molar-refractivity contribution is 7.80. The van der Waals surface area contributed by atoms with Gasteiger partial charge in [-0.25, -0.2) is 4.28 Å². The van der Waals surface area contributed by atoms with Crippen LogP contribution in [0.4, 0.5) is 17.3 Å². The Hall–Kier alpha value is -1.74. The monoisotopic (exact) mass is 275 g/mol. The van der Waals surface area contributed by atoms with Gasteiger partial charge in [0.1, 0.15) is 0 Å². The average Bonchev–Trinajstić information content (AvgIpc) is 2.75. The topological polar surface area (TPSA) is 123 Å². The van der Waals surface area contributed by atoms with E-state index in [4.69, 9.17) is 16.0 Å². The molecule has 1 aliphatic rings. The highest BCUT2D eigenvalue weighted by Crippen LogP contribution is 2.22. The van der Waals surface area contributed by atoms with Crippen molar-refractivity contribution in [3.05, 3.63) is 12.1 Å².